The molecule has 1 aromatic carbocycles. The van der Waals surface area contributed by atoms with Crippen molar-refractivity contribution in [3.05, 3.63) is 35.4 Å². The van der Waals surface area contributed by atoms with Crippen LogP contribution in [0.4, 0.5) is 0 Å². The Labute approximate surface area is 123 Å². The summed E-state index contributed by atoms with van der Waals surface area (Å²) >= 11 is 0. The maximum atomic E-state index is 12.5. The predicted octanol–water partition coefficient (Wildman–Crippen LogP) is 0.808. The van der Waals surface area contributed by atoms with Crippen LogP contribution in [0.5, 0.6) is 0 Å². The standard InChI is InChI=1S/C16H17NO4/c1-21-16(20)14-8-3-9-17(14)15(19)13-7-2-5-12(11-13)6-4-10-18/h2,5,7,11,14,18H,3,8-10H2,1H3. The average molecular weight is 287 g/mol. The molecule has 1 N–H and O–H groups in total. The Morgan fingerprint density at radius 3 is 3.00 bits per heavy atom. The quantitative estimate of drug-likeness (QED) is 0.645. The lowest BCUT2D eigenvalue weighted by Gasteiger charge is -2.22. The summed E-state index contributed by atoms with van der Waals surface area (Å²) in [5, 5.41) is 8.70. The zero-order valence-electron chi connectivity index (χ0n) is 11.8. The van der Waals surface area contributed by atoms with E-state index in [0.29, 0.717) is 24.1 Å². The molecule has 0 spiro atoms. The Morgan fingerprint density at radius 2 is 2.29 bits per heavy atom. The van der Waals surface area contributed by atoms with E-state index in [-0.39, 0.29) is 18.5 Å². The van der Waals surface area contributed by atoms with Crippen LogP contribution in [0.25, 0.3) is 0 Å². The highest BCUT2D eigenvalue weighted by atomic mass is 16.5. The van der Waals surface area contributed by atoms with Gasteiger partial charge >= 0.3 is 5.97 Å². The average Bonchev–Trinajstić information content (AvgIpc) is 3.01. The Balaban J connectivity index is 2.21. The number of carbonyl (C=O) groups excluding carboxylic acids is 2. The summed E-state index contributed by atoms with van der Waals surface area (Å²) in [6.07, 6.45) is 1.41. The number of hydrogen-bond donors (Lipinski definition) is 1. The molecule has 1 aliphatic heterocycles. The van der Waals surface area contributed by atoms with Crippen LogP contribution < -0.4 is 0 Å². The molecule has 5 nitrogen and oxygen atoms in total. The maximum Gasteiger partial charge on any atom is 0.328 e. The fraction of sp³-hybridized carbons (Fsp3) is 0.375. The summed E-state index contributed by atoms with van der Waals surface area (Å²) in [5.74, 6) is 4.73. The number of methoxy groups -OCH3 is 1. The Hall–Kier alpha value is -2.32. The van der Waals surface area contributed by atoms with Gasteiger partial charge in [-0.2, -0.15) is 0 Å². The second-order valence-corrected chi connectivity index (χ2v) is 4.72. The molecular formula is C16H17NO4. The number of carbonyl (C=O) groups is 2. The summed E-state index contributed by atoms with van der Waals surface area (Å²) in [7, 11) is 1.33. The Kier molecular flexibility index (Phi) is 4.96. The smallest absolute Gasteiger partial charge is 0.328 e. The van der Waals surface area contributed by atoms with Gasteiger partial charge in [0.05, 0.1) is 7.11 Å². The fourth-order valence-electron chi connectivity index (χ4n) is 2.43. The molecule has 5 heteroatoms. The highest BCUT2D eigenvalue weighted by Gasteiger charge is 2.35. The highest BCUT2D eigenvalue weighted by molar-refractivity contribution is 5.97. The van der Waals surface area contributed by atoms with Gasteiger partial charge in [-0.25, -0.2) is 4.79 Å². The first-order valence-corrected chi connectivity index (χ1v) is 6.76. The number of ether oxygens (including phenoxy) is 1. The number of aliphatic hydroxyl groups is 1. The number of benzene rings is 1. The van der Waals surface area contributed by atoms with Crippen molar-refractivity contribution in [2.75, 3.05) is 20.3 Å². The highest BCUT2D eigenvalue weighted by Crippen LogP contribution is 2.21. The third-order valence-corrected chi connectivity index (χ3v) is 3.41. The lowest BCUT2D eigenvalue weighted by Crippen LogP contribution is -2.41. The van der Waals surface area contributed by atoms with E-state index in [0.717, 1.165) is 6.42 Å². The second-order valence-electron chi connectivity index (χ2n) is 4.72. The van der Waals surface area contributed by atoms with Crippen LogP contribution in [-0.4, -0.2) is 48.2 Å². The Morgan fingerprint density at radius 1 is 1.48 bits per heavy atom. The van der Waals surface area contributed by atoms with Gasteiger partial charge in [-0.05, 0) is 31.0 Å². The van der Waals surface area contributed by atoms with Crippen molar-refractivity contribution in [2.45, 2.75) is 18.9 Å². The first kappa shape index (κ1) is 15.1. The Bertz CT molecular complexity index is 600. The number of nitrogens with zero attached hydrogens (tertiary/aromatic N) is 1. The van der Waals surface area contributed by atoms with Crippen molar-refractivity contribution in [3.8, 4) is 11.8 Å². The van der Waals surface area contributed by atoms with Crippen LogP contribution >= 0.6 is 0 Å². The lowest BCUT2D eigenvalue weighted by atomic mass is 10.1. The number of likely N-dealkylation sites (tertiary alicyclic amines) is 1. The van der Waals surface area contributed by atoms with Gasteiger partial charge < -0.3 is 14.7 Å². The molecule has 2 rings (SSSR count). The maximum absolute atomic E-state index is 12.5. The molecular weight excluding hydrogens is 270 g/mol. The van der Waals surface area contributed by atoms with Gasteiger partial charge in [0, 0.05) is 17.7 Å². The molecule has 1 aromatic rings. The fourth-order valence-corrected chi connectivity index (χ4v) is 2.43. The van der Waals surface area contributed by atoms with Gasteiger partial charge in [0.2, 0.25) is 0 Å². The zero-order chi connectivity index (χ0) is 15.2. The van der Waals surface area contributed by atoms with Gasteiger partial charge in [-0.15, -0.1) is 0 Å². The van der Waals surface area contributed by atoms with E-state index < -0.39 is 6.04 Å². The summed E-state index contributed by atoms with van der Waals surface area (Å²) in [5.41, 5.74) is 1.14. The zero-order valence-corrected chi connectivity index (χ0v) is 11.8. The summed E-state index contributed by atoms with van der Waals surface area (Å²) in [6, 6.07) is 6.35. The van der Waals surface area contributed by atoms with Crippen molar-refractivity contribution in [3.63, 3.8) is 0 Å². The van der Waals surface area contributed by atoms with Crippen molar-refractivity contribution in [1.29, 1.82) is 0 Å². The van der Waals surface area contributed by atoms with E-state index >= 15 is 0 Å². The molecule has 1 amide bonds. The number of aliphatic hydroxyl groups excluding tert-OH is 1. The minimum Gasteiger partial charge on any atom is -0.467 e. The minimum absolute atomic E-state index is 0.199. The van der Waals surface area contributed by atoms with Crippen molar-refractivity contribution in [2.24, 2.45) is 0 Å². The predicted molar refractivity (Wildman–Crippen MR) is 76.5 cm³/mol. The first-order chi connectivity index (χ1) is 10.2. The normalized spacial score (nSPS) is 17.0. The van der Waals surface area contributed by atoms with E-state index in [4.69, 9.17) is 9.84 Å². The van der Waals surface area contributed by atoms with Crippen LogP contribution in [-0.2, 0) is 9.53 Å². The number of amides is 1. The van der Waals surface area contributed by atoms with Crippen LogP contribution in [0, 0.1) is 11.8 Å². The number of hydrogen-bond acceptors (Lipinski definition) is 4. The monoisotopic (exact) mass is 287 g/mol. The van der Waals surface area contributed by atoms with Crippen LogP contribution in [0.3, 0.4) is 0 Å². The van der Waals surface area contributed by atoms with Crippen LogP contribution in [0.15, 0.2) is 24.3 Å². The van der Waals surface area contributed by atoms with Gasteiger partial charge in [-0.3, -0.25) is 4.79 Å². The molecule has 1 saturated heterocycles. The summed E-state index contributed by atoms with van der Waals surface area (Å²) < 4.78 is 4.74. The molecule has 1 atom stereocenters. The van der Waals surface area contributed by atoms with Crippen molar-refractivity contribution >= 4 is 11.9 Å². The van der Waals surface area contributed by atoms with Crippen LogP contribution in [0.2, 0.25) is 0 Å². The summed E-state index contributed by atoms with van der Waals surface area (Å²) in [6.45, 7) is 0.319. The molecule has 0 bridgehead atoms. The molecule has 0 radical (unpaired) electrons. The van der Waals surface area contributed by atoms with E-state index in [2.05, 4.69) is 11.8 Å². The van der Waals surface area contributed by atoms with Gasteiger partial charge in [0.1, 0.15) is 12.6 Å². The van der Waals surface area contributed by atoms with Crippen LogP contribution in [0.1, 0.15) is 28.8 Å². The van der Waals surface area contributed by atoms with E-state index in [1.54, 1.807) is 29.2 Å². The van der Waals surface area contributed by atoms with Gasteiger partial charge in [0.25, 0.3) is 5.91 Å². The third-order valence-electron chi connectivity index (χ3n) is 3.41. The molecule has 21 heavy (non-hydrogen) atoms. The van der Waals surface area contributed by atoms with Crippen molar-refractivity contribution < 1.29 is 19.4 Å². The molecule has 1 fully saturated rings. The lowest BCUT2D eigenvalue weighted by molar-refractivity contribution is -0.145. The van der Waals surface area contributed by atoms with E-state index in [1.807, 2.05) is 0 Å². The van der Waals surface area contributed by atoms with Gasteiger partial charge in [0.15, 0.2) is 0 Å². The molecule has 0 aliphatic carbocycles. The number of esters is 1. The summed E-state index contributed by atoms with van der Waals surface area (Å²) in [4.78, 5) is 25.8. The topological polar surface area (TPSA) is 66.8 Å². The molecule has 110 valence electrons. The molecule has 1 unspecified atom stereocenters. The van der Waals surface area contributed by atoms with E-state index in [1.165, 1.54) is 7.11 Å². The second kappa shape index (κ2) is 6.91. The van der Waals surface area contributed by atoms with Crippen molar-refractivity contribution in [1.82, 2.24) is 4.90 Å². The third kappa shape index (κ3) is 3.41. The van der Waals surface area contributed by atoms with Gasteiger partial charge in [-0.1, -0.05) is 17.9 Å². The number of rotatable bonds is 2. The minimum atomic E-state index is -0.505. The molecule has 1 aliphatic rings. The SMILES string of the molecule is COC(=O)C1CCCN1C(=O)c1cccc(C#CCO)c1. The largest absolute Gasteiger partial charge is 0.467 e. The molecule has 0 aromatic heterocycles. The van der Waals surface area contributed by atoms with E-state index in [9.17, 15) is 9.59 Å². The first-order valence-electron chi connectivity index (χ1n) is 6.76. The molecule has 0 saturated carbocycles. The molecule has 1 heterocycles.